The van der Waals surface area contributed by atoms with Crippen molar-refractivity contribution < 1.29 is 19.4 Å². The maximum absolute atomic E-state index is 12.6. The van der Waals surface area contributed by atoms with E-state index in [9.17, 15) is 29.8 Å². The van der Waals surface area contributed by atoms with Crippen LogP contribution >= 0.6 is 0 Å². The van der Waals surface area contributed by atoms with Crippen LogP contribution in [0, 0.1) is 34.1 Å². The first kappa shape index (κ1) is 20.5. The number of aryl methyl sites for hydroxylation is 1. The van der Waals surface area contributed by atoms with Crippen molar-refractivity contribution in [3.05, 3.63) is 73.3 Å². The molecule has 1 N–H and O–H groups in total. The van der Waals surface area contributed by atoms with Crippen LogP contribution in [0.25, 0.3) is 0 Å². The Hall–Kier alpha value is -3.82. The van der Waals surface area contributed by atoms with Gasteiger partial charge in [-0.05, 0) is 26.0 Å². The van der Waals surface area contributed by atoms with Gasteiger partial charge in [0.25, 0.3) is 17.3 Å². The zero-order chi connectivity index (χ0) is 21.0. The minimum atomic E-state index is -0.812. The van der Waals surface area contributed by atoms with Gasteiger partial charge in [0.15, 0.2) is 0 Å². The number of nitrogens with zero attached hydrogens (tertiary/aromatic N) is 3. The highest BCUT2D eigenvalue weighted by Crippen LogP contribution is 2.28. The zero-order valence-corrected chi connectivity index (χ0v) is 15.5. The second-order valence-electron chi connectivity index (χ2n) is 6.23. The van der Waals surface area contributed by atoms with Crippen molar-refractivity contribution in [3.63, 3.8) is 0 Å². The van der Waals surface area contributed by atoms with E-state index in [1.807, 2.05) is 19.1 Å². The van der Waals surface area contributed by atoms with E-state index in [1.54, 1.807) is 12.1 Å². The molecule has 0 heterocycles. The summed E-state index contributed by atoms with van der Waals surface area (Å²) in [5.74, 6) is -1.21. The smallest absolute Gasteiger partial charge is 0.279 e. The normalized spacial score (nSPS) is 10.2. The molecule has 28 heavy (non-hydrogen) atoms. The molecule has 2 rings (SSSR count). The Balaban J connectivity index is 2.22. The van der Waals surface area contributed by atoms with Crippen LogP contribution in [-0.2, 0) is 4.79 Å². The summed E-state index contributed by atoms with van der Waals surface area (Å²) in [6, 6.07) is 8.83. The van der Waals surface area contributed by atoms with E-state index < -0.39 is 33.0 Å². The number of likely N-dealkylation sites (N-methyl/N-ethyl adjacent to an activating group) is 1. The average molecular weight is 386 g/mol. The lowest BCUT2D eigenvalue weighted by atomic mass is 10.0. The highest BCUT2D eigenvalue weighted by Gasteiger charge is 2.26. The molecule has 0 saturated heterocycles. The van der Waals surface area contributed by atoms with Gasteiger partial charge in [-0.25, -0.2) is 0 Å². The van der Waals surface area contributed by atoms with Gasteiger partial charge in [-0.1, -0.05) is 17.7 Å². The Bertz CT molecular complexity index is 955. The molecular weight excluding hydrogens is 368 g/mol. The molecule has 2 amide bonds. The van der Waals surface area contributed by atoms with Gasteiger partial charge in [0.1, 0.15) is 0 Å². The van der Waals surface area contributed by atoms with Gasteiger partial charge < -0.3 is 10.2 Å². The van der Waals surface area contributed by atoms with Crippen molar-refractivity contribution in [3.8, 4) is 0 Å². The van der Waals surface area contributed by atoms with Crippen LogP contribution < -0.4 is 5.32 Å². The van der Waals surface area contributed by atoms with E-state index in [0.29, 0.717) is 5.69 Å². The highest BCUT2D eigenvalue weighted by molar-refractivity contribution is 6.01. The first-order valence-corrected chi connectivity index (χ1v) is 8.15. The van der Waals surface area contributed by atoms with Gasteiger partial charge in [-0.3, -0.25) is 29.8 Å². The highest BCUT2D eigenvalue weighted by atomic mass is 16.6. The fourth-order valence-corrected chi connectivity index (χ4v) is 2.53. The number of carbonyl (C=O) groups excluding carboxylic acids is 2. The maximum atomic E-state index is 12.6. The van der Waals surface area contributed by atoms with Gasteiger partial charge in [-0.15, -0.1) is 0 Å². The molecule has 0 aromatic heterocycles. The number of anilines is 1. The second kappa shape index (κ2) is 8.25. The summed E-state index contributed by atoms with van der Waals surface area (Å²) >= 11 is 0. The first-order chi connectivity index (χ1) is 13.1. The number of hydrogen-bond donors (Lipinski definition) is 1. The fourth-order valence-electron chi connectivity index (χ4n) is 2.53. The molecule has 0 unspecified atom stereocenters. The summed E-state index contributed by atoms with van der Waals surface area (Å²) in [6.45, 7) is 2.90. The molecule has 0 spiro atoms. The third-order valence-corrected chi connectivity index (χ3v) is 4.07. The number of nitro groups is 2. The Labute approximate surface area is 160 Å². The van der Waals surface area contributed by atoms with Crippen LogP contribution in [0.3, 0.4) is 0 Å². The molecule has 0 aliphatic heterocycles. The van der Waals surface area contributed by atoms with Gasteiger partial charge >= 0.3 is 0 Å². The standard InChI is InChI=1S/C18H18N4O6/c1-11-4-6-13(7-5-11)19-17(23)10-20(3)18(24)15-8-14(21(25)26)9-16(12(15)2)22(27)28/h4-9H,10H2,1-3H3,(H,19,23). The molecule has 0 bridgehead atoms. The van der Waals surface area contributed by atoms with Gasteiger partial charge in [0.2, 0.25) is 5.91 Å². The average Bonchev–Trinajstić information content (AvgIpc) is 2.62. The summed E-state index contributed by atoms with van der Waals surface area (Å²) in [5, 5.41) is 24.8. The maximum Gasteiger partial charge on any atom is 0.279 e. The number of non-ortho nitro benzene ring substituents is 1. The van der Waals surface area contributed by atoms with Crippen molar-refractivity contribution in [2.45, 2.75) is 13.8 Å². The van der Waals surface area contributed by atoms with E-state index in [1.165, 1.54) is 14.0 Å². The van der Waals surface area contributed by atoms with Crippen LogP contribution in [0.4, 0.5) is 17.1 Å². The number of amides is 2. The van der Waals surface area contributed by atoms with Gasteiger partial charge in [-0.2, -0.15) is 0 Å². The molecule has 0 fully saturated rings. The minimum absolute atomic E-state index is 0.00797. The molecule has 146 valence electrons. The van der Waals surface area contributed by atoms with Gasteiger partial charge in [0, 0.05) is 24.4 Å². The second-order valence-corrected chi connectivity index (χ2v) is 6.23. The lowest BCUT2D eigenvalue weighted by Crippen LogP contribution is -2.35. The Morgan fingerprint density at radius 1 is 1.04 bits per heavy atom. The number of nitrogens with one attached hydrogen (secondary N) is 1. The molecule has 0 aliphatic rings. The molecule has 0 radical (unpaired) electrons. The molecule has 10 nitrogen and oxygen atoms in total. The zero-order valence-electron chi connectivity index (χ0n) is 15.5. The van der Waals surface area contributed by atoms with E-state index in [0.717, 1.165) is 22.6 Å². The molecule has 0 aliphatic carbocycles. The van der Waals surface area contributed by atoms with Crippen molar-refractivity contribution >= 4 is 28.9 Å². The largest absolute Gasteiger partial charge is 0.332 e. The summed E-state index contributed by atoms with van der Waals surface area (Å²) in [4.78, 5) is 46.4. The molecule has 2 aromatic carbocycles. The fraction of sp³-hybridized carbons (Fsp3) is 0.222. The van der Waals surface area contributed by atoms with Crippen molar-refractivity contribution in [2.75, 3.05) is 18.9 Å². The number of rotatable bonds is 6. The van der Waals surface area contributed by atoms with Crippen molar-refractivity contribution in [1.82, 2.24) is 4.90 Å². The number of carbonyl (C=O) groups is 2. The van der Waals surface area contributed by atoms with Crippen LogP contribution in [0.1, 0.15) is 21.5 Å². The number of benzene rings is 2. The van der Waals surface area contributed by atoms with Crippen molar-refractivity contribution in [1.29, 1.82) is 0 Å². The number of nitro benzene ring substituents is 2. The van der Waals surface area contributed by atoms with E-state index in [4.69, 9.17) is 0 Å². The molecule has 2 aromatic rings. The quantitative estimate of drug-likeness (QED) is 0.599. The Morgan fingerprint density at radius 3 is 2.18 bits per heavy atom. The van der Waals surface area contributed by atoms with Crippen LogP contribution in [0.2, 0.25) is 0 Å². The molecule has 0 atom stereocenters. The monoisotopic (exact) mass is 386 g/mol. The first-order valence-electron chi connectivity index (χ1n) is 8.15. The van der Waals surface area contributed by atoms with Crippen LogP contribution in [-0.4, -0.2) is 40.2 Å². The summed E-state index contributed by atoms with van der Waals surface area (Å²) in [5.41, 5.74) is 0.262. The Kier molecular flexibility index (Phi) is 6.04. The van der Waals surface area contributed by atoms with Crippen LogP contribution in [0.15, 0.2) is 36.4 Å². The summed E-state index contributed by atoms with van der Waals surface area (Å²) in [6.07, 6.45) is 0. The predicted molar refractivity (Wildman–Crippen MR) is 101 cm³/mol. The van der Waals surface area contributed by atoms with E-state index >= 15 is 0 Å². The topological polar surface area (TPSA) is 136 Å². The minimum Gasteiger partial charge on any atom is -0.332 e. The lowest BCUT2D eigenvalue weighted by Gasteiger charge is -2.18. The summed E-state index contributed by atoms with van der Waals surface area (Å²) < 4.78 is 0. The van der Waals surface area contributed by atoms with E-state index in [-0.39, 0.29) is 17.7 Å². The van der Waals surface area contributed by atoms with Crippen LogP contribution in [0.5, 0.6) is 0 Å². The van der Waals surface area contributed by atoms with Crippen molar-refractivity contribution in [2.24, 2.45) is 0 Å². The lowest BCUT2D eigenvalue weighted by molar-refractivity contribution is -0.394. The predicted octanol–water partition coefficient (Wildman–Crippen LogP) is 2.83. The molecule has 0 saturated carbocycles. The molecular formula is C18H18N4O6. The number of hydrogen-bond acceptors (Lipinski definition) is 6. The molecule has 10 heteroatoms. The Morgan fingerprint density at radius 2 is 1.64 bits per heavy atom. The van der Waals surface area contributed by atoms with E-state index in [2.05, 4.69) is 5.32 Å². The van der Waals surface area contributed by atoms with Gasteiger partial charge in [0.05, 0.1) is 28.0 Å². The SMILES string of the molecule is Cc1ccc(NC(=O)CN(C)C(=O)c2cc([N+](=O)[O-])cc([N+](=O)[O-])c2C)cc1. The summed E-state index contributed by atoms with van der Waals surface area (Å²) in [7, 11) is 1.33. The third kappa shape index (κ3) is 4.67. The third-order valence-electron chi connectivity index (χ3n) is 4.07.